The standard InChI is InChI=1S/C15H24O4/c1-6-15(5,17)8-7-14(19-18)12(4)10-13(16)9-11(2)3/h6,9,14,17-18H,1,4,7-8,10H2,2-3,5H3/t14-,15+/m0/s1. The minimum absolute atomic E-state index is 0.0810. The van der Waals surface area contributed by atoms with Crippen LogP contribution in [-0.4, -0.2) is 27.9 Å². The van der Waals surface area contributed by atoms with Gasteiger partial charge in [-0.25, -0.2) is 4.89 Å². The smallest absolute Gasteiger partial charge is 0.159 e. The second kappa shape index (κ2) is 8.04. The van der Waals surface area contributed by atoms with Gasteiger partial charge in [-0.1, -0.05) is 18.2 Å². The van der Waals surface area contributed by atoms with Gasteiger partial charge < -0.3 is 5.11 Å². The summed E-state index contributed by atoms with van der Waals surface area (Å²) in [5.74, 6) is -0.0810. The van der Waals surface area contributed by atoms with Crippen molar-refractivity contribution in [2.75, 3.05) is 0 Å². The van der Waals surface area contributed by atoms with Crippen molar-refractivity contribution in [3.8, 4) is 0 Å². The maximum Gasteiger partial charge on any atom is 0.159 e. The first-order chi connectivity index (χ1) is 8.71. The SMILES string of the molecule is C=C[C@@](C)(O)CC[C@H](OO)C(=C)CC(=O)C=C(C)C. The molecule has 0 aliphatic heterocycles. The lowest BCUT2D eigenvalue weighted by molar-refractivity contribution is -0.271. The summed E-state index contributed by atoms with van der Waals surface area (Å²) in [5, 5.41) is 18.7. The molecule has 2 N–H and O–H groups in total. The summed E-state index contributed by atoms with van der Waals surface area (Å²) >= 11 is 0. The Morgan fingerprint density at radius 2 is 2.05 bits per heavy atom. The fourth-order valence-electron chi connectivity index (χ4n) is 1.57. The van der Waals surface area contributed by atoms with Crippen LogP contribution in [0, 0.1) is 0 Å². The quantitative estimate of drug-likeness (QED) is 0.292. The molecule has 0 saturated heterocycles. The van der Waals surface area contributed by atoms with E-state index >= 15 is 0 Å². The van der Waals surface area contributed by atoms with Crippen molar-refractivity contribution in [2.24, 2.45) is 0 Å². The predicted octanol–water partition coefficient (Wildman–Crippen LogP) is 3.04. The Labute approximate surface area is 115 Å². The van der Waals surface area contributed by atoms with E-state index in [9.17, 15) is 9.90 Å². The van der Waals surface area contributed by atoms with Gasteiger partial charge in [-0.05, 0) is 45.3 Å². The summed E-state index contributed by atoms with van der Waals surface area (Å²) in [6.45, 7) is 12.6. The van der Waals surface area contributed by atoms with Gasteiger partial charge in [-0.2, -0.15) is 0 Å². The van der Waals surface area contributed by atoms with Crippen LogP contribution >= 0.6 is 0 Å². The molecule has 0 aromatic carbocycles. The van der Waals surface area contributed by atoms with Crippen LogP contribution < -0.4 is 0 Å². The number of hydrogen-bond acceptors (Lipinski definition) is 4. The lowest BCUT2D eigenvalue weighted by atomic mass is 9.94. The normalized spacial score (nSPS) is 15.2. The molecule has 0 saturated carbocycles. The van der Waals surface area contributed by atoms with Gasteiger partial charge in [0.25, 0.3) is 0 Å². The van der Waals surface area contributed by atoms with E-state index in [4.69, 9.17) is 5.26 Å². The van der Waals surface area contributed by atoms with E-state index in [-0.39, 0.29) is 12.2 Å². The molecule has 0 heterocycles. The molecule has 0 unspecified atom stereocenters. The summed E-state index contributed by atoms with van der Waals surface area (Å²) in [6, 6.07) is 0. The summed E-state index contributed by atoms with van der Waals surface area (Å²) < 4.78 is 0. The largest absolute Gasteiger partial charge is 0.386 e. The average molecular weight is 268 g/mol. The van der Waals surface area contributed by atoms with Gasteiger partial charge in [0.15, 0.2) is 5.78 Å². The van der Waals surface area contributed by atoms with Crippen LogP contribution in [0.2, 0.25) is 0 Å². The molecule has 0 radical (unpaired) electrons. The van der Waals surface area contributed by atoms with Crippen molar-refractivity contribution in [3.05, 3.63) is 36.5 Å². The summed E-state index contributed by atoms with van der Waals surface area (Å²) in [6.07, 6.45) is 3.12. The Bertz CT molecular complexity index is 362. The van der Waals surface area contributed by atoms with Crippen LogP contribution in [0.4, 0.5) is 0 Å². The first-order valence-corrected chi connectivity index (χ1v) is 6.23. The molecule has 0 fully saturated rings. The highest BCUT2D eigenvalue weighted by Gasteiger charge is 2.21. The lowest BCUT2D eigenvalue weighted by Gasteiger charge is -2.22. The monoisotopic (exact) mass is 268 g/mol. The van der Waals surface area contributed by atoms with Gasteiger partial charge in [0, 0.05) is 6.42 Å². The number of aliphatic hydroxyl groups is 1. The van der Waals surface area contributed by atoms with Crippen LogP contribution in [0.15, 0.2) is 36.5 Å². The van der Waals surface area contributed by atoms with Crippen LogP contribution in [0.5, 0.6) is 0 Å². The van der Waals surface area contributed by atoms with E-state index in [0.29, 0.717) is 18.4 Å². The van der Waals surface area contributed by atoms with E-state index in [0.717, 1.165) is 5.57 Å². The highest BCUT2D eigenvalue weighted by Crippen LogP contribution is 2.20. The maximum absolute atomic E-state index is 11.6. The Morgan fingerprint density at radius 1 is 1.47 bits per heavy atom. The Morgan fingerprint density at radius 3 is 2.47 bits per heavy atom. The number of rotatable bonds is 9. The van der Waals surface area contributed by atoms with E-state index in [1.807, 2.05) is 13.8 Å². The number of hydrogen-bond donors (Lipinski definition) is 2. The topological polar surface area (TPSA) is 66.8 Å². The van der Waals surface area contributed by atoms with E-state index in [1.165, 1.54) is 12.2 Å². The molecule has 0 rings (SSSR count). The molecule has 0 amide bonds. The fraction of sp³-hybridized carbons (Fsp3) is 0.533. The van der Waals surface area contributed by atoms with Crippen LogP contribution in [0.25, 0.3) is 0 Å². The van der Waals surface area contributed by atoms with Gasteiger partial charge in [0.05, 0.1) is 5.60 Å². The number of allylic oxidation sites excluding steroid dienone is 2. The molecule has 108 valence electrons. The zero-order chi connectivity index (χ0) is 15.1. The molecular formula is C15H24O4. The zero-order valence-corrected chi connectivity index (χ0v) is 12.0. The second-order valence-corrected chi connectivity index (χ2v) is 5.22. The van der Waals surface area contributed by atoms with Gasteiger partial charge in [-0.15, -0.1) is 6.58 Å². The third-order valence-electron chi connectivity index (χ3n) is 2.79. The molecule has 0 aliphatic rings. The fourth-order valence-corrected chi connectivity index (χ4v) is 1.57. The molecule has 0 bridgehead atoms. The molecule has 0 spiro atoms. The number of carbonyl (C=O) groups excluding carboxylic acids is 1. The van der Waals surface area contributed by atoms with Gasteiger partial charge in [-0.3, -0.25) is 10.1 Å². The van der Waals surface area contributed by atoms with Crippen molar-refractivity contribution < 1.29 is 20.0 Å². The average Bonchev–Trinajstić information content (AvgIpc) is 2.28. The zero-order valence-electron chi connectivity index (χ0n) is 12.0. The first-order valence-electron chi connectivity index (χ1n) is 6.23. The third kappa shape index (κ3) is 7.72. The molecular weight excluding hydrogens is 244 g/mol. The lowest BCUT2D eigenvalue weighted by Crippen LogP contribution is -2.25. The maximum atomic E-state index is 11.6. The van der Waals surface area contributed by atoms with E-state index in [1.54, 1.807) is 6.92 Å². The number of ketones is 1. The van der Waals surface area contributed by atoms with Crippen LogP contribution in [0.3, 0.4) is 0 Å². The van der Waals surface area contributed by atoms with Crippen LogP contribution in [-0.2, 0) is 9.68 Å². The Balaban J connectivity index is 4.45. The summed E-state index contributed by atoms with van der Waals surface area (Å²) in [7, 11) is 0. The van der Waals surface area contributed by atoms with Crippen molar-refractivity contribution in [1.29, 1.82) is 0 Å². The minimum atomic E-state index is -1.03. The van der Waals surface area contributed by atoms with Crippen molar-refractivity contribution in [2.45, 2.75) is 51.7 Å². The highest BCUT2D eigenvalue weighted by atomic mass is 17.1. The Kier molecular flexibility index (Phi) is 7.52. The molecule has 19 heavy (non-hydrogen) atoms. The van der Waals surface area contributed by atoms with Gasteiger partial charge in [0.2, 0.25) is 0 Å². The van der Waals surface area contributed by atoms with Crippen molar-refractivity contribution in [1.82, 2.24) is 0 Å². The molecule has 0 aromatic rings. The molecule has 0 aliphatic carbocycles. The van der Waals surface area contributed by atoms with Gasteiger partial charge in [0.1, 0.15) is 6.10 Å². The first kappa shape index (κ1) is 17.8. The van der Waals surface area contributed by atoms with Crippen molar-refractivity contribution in [3.63, 3.8) is 0 Å². The van der Waals surface area contributed by atoms with E-state index in [2.05, 4.69) is 18.0 Å². The Hall–Kier alpha value is -1.23. The third-order valence-corrected chi connectivity index (χ3v) is 2.79. The summed E-state index contributed by atoms with van der Waals surface area (Å²) in [5.41, 5.74) is 0.375. The number of carbonyl (C=O) groups is 1. The second-order valence-electron chi connectivity index (χ2n) is 5.22. The van der Waals surface area contributed by atoms with E-state index < -0.39 is 11.7 Å². The molecule has 4 nitrogen and oxygen atoms in total. The molecule has 0 aromatic heterocycles. The van der Waals surface area contributed by atoms with Crippen LogP contribution in [0.1, 0.15) is 40.0 Å². The van der Waals surface area contributed by atoms with Crippen molar-refractivity contribution >= 4 is 5.78 Å². The minimum Gasteiger partial charge on any atom is -0.386 e. The summed E-state index contributed by atoms with van der Waals surface area (Å²) in [4.78, 5) is 15.9. The predicted molar refractivity (Wildman–Crippen MR) is 75.8 cm³/mol. The van der Waals surface area contributed by atoms with Gasteiger partial charge >= 0.3 is 0 Å². The molecule has 4 heteroatoms. The molecule has 2 atom stereocenters. The highest BCUT2D eigenvalue weighted by molar-refractivity contribution is 5.91.